The Morgan fingerprint density at radius 1 is 1.10 bits per heavy atom. The number of rotatable bonds is 1. The number of allylic oxidation sites excluding steroid dienone is 1. The van der Waals surface area contributed by atoms with E-state index in [9.17, 15) is 0 Å². The second-order valence-corrected chi connectivity index (χ2v) is 11.2. The predicted octanol–water partition coefficient (Wildman–Crippen LogP) is 5.80. The molecule has 3 fully saturated rings. The van der Waals surface area contributed by atoms with Crippen LogP contribution in [-0.4, -0.2) is 22.2 Å². The summed E-state index contributed by atoms with van der Waals surface area (Å²) in [5.41, 5.74) is 11.0. The Labute approximate surface area is 184 Å². The first-order chi connectivity index (χ1) is 15.0. The zero-order valence-electron chi connectivity index (χ0n) is 18.4. The minimum Gasteiger partial charge on any atom is -0.359 e. The maximum atomic E-state index is 7.26. The van der Waals surface area contributed by atoms with Crippen LogP contribution in [0.4, 0.5) is 0 Å². The molecule has 3 heterocycles. The van der Waals surface area contributed by atoms with E-state index in [2.05, 4.69) is 48.3 Å². The molecule has 6 atom stereocenters. The topological polar surface area (TPSA) is 48.1 Å². The second-order valence-electron chi connectivity index (χ2n) is 11.2. The van der Waals surface area contributed by atoms with Gasteiger partial charge in [-0.25, -0.2) is 0 Å². The van der Waals surface area contributed by atoms with Crippen molar-refractivity contribution in [2.75, 3.05) is 0 Å². The van der Waals surface area contributed by atoms with Crippen LogP contribution in [0.1, 0.15) is 69.8 Å². The van der Waals surface area contributed by atoms with Gasteiger partial charge in [-0.2, -0.15) is 0 Å². The van der Waals surface area contributed by atoms with E-state index in [1.54, 1.807) is 0 Å². The quantitative estimate of drug-likeness (QED) is 0.643. The van der Waals surface area contributed by atoms with Gasteiger partial charge in [0.1, 0.15) is 0 Å². The highest BCUT2D eigenvalue weighted by atomic mass is 16.5. The molecule has 2 aliphatic heterocycles. The van der Waals surface area contributed by atoms with Crippen LogP contribution in [0, 0.1) is 11.3 Å². The summed E-state index contributed by atoms with van der Waals surface area (Å²) in [6.45, 7) is 2.55. The zero-order valence-corrected chi connectivity index (χ0v) is 18.4. The van der Waals surface area contributed by atoms with Crippen molar-refractivity contribution in [2.24, 2.45) is 17.1 Å². The summed E-state index contributed by atoms with van der Waals surface area (Å²) in [5, 5.41) is 2.54. The third kappa shape index (κ3) is 2.34. The largest absolute Gasteiger partial charge is 0.359 e. The molecule has 0 amide bonds. The molecule has 2 N–H and O–H groups in total. The molecular weight excluding hydrogens is 380 g/mol. The number of ether oxygens (including phenoxy) is 1. The number of pyridine rings is 1. The number of benzene rings is 1. The fourth-order valence-electron chi connectivity index (χ4n) is 8.31. The van der Waals surface area contributed by atoms with Crippen molar-refractivity contribution in [2.45, 2.75) is 81.5 Å². The molecule has 31 heavy (non-hydrogen) atoms. The van der Waals surface area contributed by atoms with Crippen molar-refractivity contribution in [3.8, 4) is 0 Å². The van der Waals surface area contributed by atoms with Crippen LogP contribution < -0.4 is 5.73 Å². The maximum absolute atomic E-state index is 7.26. The number of fused-ring (bicyclic) bond motifs is 2. The SMILES string of the molecule is C[C@]12CC=C3C=C4CC[C@@H](N)C[C@]45CCC3(O5)[C@@H]1CCC2c1ccc2ccncc2c1. The van der Waals surface area contributed by atoms with Gasteiger partial charge in [0.25, 0.3) is 0 Å². The van der Waals surface area contributed by atoms with Crippen LogP contribution in [-0.2, 0) is 4.74 Å². The van der Waals surface area contributed by atoms with E-state index in [1.165, 1.54) is 46.7 Å². The summed E-state index contributed by atoms with van der Waals surface area (Å²) in [6, 6.07) is 9.45. The van der Waals surface area contributed by atoms with Crippen LogP contribution in [0.15, 0.2) is 60.0 Å². The zero-order chi connectivity index (χ0) is 20.8. The molecule has 2 saturated carbocycles. The van der Waals surface area contributed by atoms with Gasteiger partial charge in [-0.05, 0) is 103 Å². The van der Waals surface area contributed by atoms with E-state index in [0.717, 1.165) is 32.1 Å². The van der Waals surface area contributed by atoms with Crippen molar-refractivity contribution in [3.05, 3.63) is 65.5 Å². The minimum atomic E-state index is -0.0826. The molecule has 1 aromatic carbocycles. The molecule has 3 aliphatic carbocycles. The Morgan fingerprint density at radius 3 is 2.97 bits per heavy atom. The van der Waals surface area contributed by atoms with Crippen LogP contribution in [0.2, 0.25) is 0 Å². The standard InChI is InChI=1S/C28H32N2O/c1-26-10-8-22-15-21-4-5-23(29)16-27(21)11-12-28(22,31-27)25(26)7-6-24(26)19-3-2-18-9-13-30-17-20(18)14-19/h2-3,8-9,13-15,17,23-25H,4-7,10-12,16,29H2,1H3/t23-,24?,25-,26-,27-,28?/m1/s1. The van der Waals surface area contributed by atoms with Crippen molar-refractivity contribution in [3.63, 3.8) is 0 Å². The summed E-state index contributed by atoms with van der Waals surface area (Å²) in [5.74, 6) is 1.17. The predicted molar refractivity (Wildman–Crippen MR) is 124 cm³/mol. The number of hydrogen-bond acceptors (Lipinski definition) is 3. The lowest BCUT2D eigenvalue weighted by molar-refractivity contribution is -0.135. The molecule has 160 valence electrons. The van der Waals surface area contributed by atoms with Gasteiger partial charge in [-0.3, -0.25) is 4.98 Å². The van der Waals surface area contributed by atoms with E-state index in [4.69, 9.17) is 10.5 Å². The average molecular weight is 413 g/mol. The summed E-state index contributed by atoms with van der Waals surface area (Å²) in [4.78, 5) is 4.36. The summed E-state index contributed by atoms with van der Waals surface area (Å²) in [6.07, 6.45) is 18.2. The summed E-state index contributed by atoms with van der Waals surface area (Å²) >= 11 is 0. The average Bonchev–Trinajstić information content (AvgIpc) is 3.28. The van der Waals surface area contributed by atoms with E-state index in [0.29, 0.717) is 11.8 Å². The molecule has 2 bridgehead atoms. The molecule has 1 aromatic heterocycles. The molecule has 5 aliphatic rings. The maximum Gasteiger partial charge on any atom is 0.0974 e. The van der Waals surface area contributed by atoms with Crippen molar-refractivity contribution in [1.82, 2.24) is 4.98 Å². The Bertz CT molecular complexity index is 1150. The fourth-order valence-corrected chi connectivity index (χ4v) is 8.31. The van der Waals surface area contributed by atoms with Gasteiger partial charge >= 0.3 is 0 Å². The molecule has 3 nitrogen and oxygen atoms in total. The highest BCUT2D eigenvalue weighted by Gasteiger charge is 2.66. The number of aromatic nitrogens is 1. The highest BCUT2D eigenvalue weighted by molar-refractivity contribution is 5.82. The summed E-state index contributed by atoms with van der Waals surface area (Å²) in [7, 11) is 0. The first kappa shape index (κ1) is 18.6. The molecule has 3 heteroatoms. The third-order valence-electron chi connectivity index (χ3n) is 9.79. The monoisotopic (exact) mass is 412 g/mol. The van der Waals surface area contributed by atoms with E-state index >= 15 is 0 Å². The van der Waals surface area contributed by atoms with Gasteiger partial charge in [0.2, 0.25) is 0 Å². The highest BCUT2D eigenvalue weighted by Crippen LogP contribution is 2.69. The number of nitrogens with two attached hydrogens (primary N) is 1. The first-order valence-corrected chi connectivity index (χ1v) is 12.2. The fraction of sp³-hybridized carbons (Fsp3) is 0.536. The van der Waals surface area contributed by atoms with Gasteiger partial charge in [-0.1, -0.05) is 31.2 Å². The van der Waals surface area contributed by atoms with Gasteiger partial charge in [-0.15, -0.1) is 0 Å². The molecule has 0 radical (unpaired) electrons. The smallest absolute Gasteiger partial charge is 0.0974 e. The van der Waals surface area contributed by atoms with Crippen LogP contribution in [0.25, 0.3) is 10.8 Å². The van der Waals surface area contributed by atoms with Gasteiger partial charge in [0.15, 0.2) is 0 Å². The first-order valence-electron chi connectivity index (χ1n) is 12.2. The van der Waals surface area contributed by atoms with Crippen LogP contribution >= 0.6 is 0 Å². The lowest BCUT2D eigenvalue weighted by atomic mass is 9.58. The molecule has 1 saturated heterocycles. The Kier molecular flexibility index (Phi) is 3.65. The lowest BCUT2D eigenvalue weighted by Gasteiger charge is -2.54. The molecular formula is C28H32N2O. The lowest BCUT2D eigenvalue weighted by Crippen LogP contribution is -2.54. The Hall–Kier alpha value is -1.97. The molecule has 2 aromatic rings. The van der Waals surface area contributed by atoms with Crippen LogP contribution in [0.5, 0.6) is 0 Å². The Morgan fingerprint density at radius 2 is 2.03 bits per heavy atom. The van der Waals surface area contributed by atoms with E-state index < -0.39 is 0 Å². The molecule has 7 rings (SSSR count). The summed E-state index contributed by atoms with van der Waals surface area (Å²) < 4.78 is 7.26. The minimum absolute atomic E-state index is 0.0695. The second kappa shape index (κ2) is 6.08. The number of hydrogen-bond donors (Lipinski definition) is 1. The molecule has 2 spiro atoms. The van der Waals surface area contributed by atoms with Gasteiger partial charge < -0.3 is 10.5 Å². The third-order valence-corrected chi connectivity index (χ3v) is 9.79. The van der Waals surface area contributed by atoms with Crippen molar-refractivity contribution in [1.29, 1.82) is 0 Å². The Balaban J connectivity index is 1.31. The van der Waals surface area contributed by atoms with Gasteiger partial charge in [0.05, 0.1) is 11.2 Å². The van der Waals surface area contributed by atoms with Crippen molar-refractivity contribution >= 4 is 10.8 Å². The normalized spacial score (nSPS) is 43.1. The van der Waals surface area contributed by atoms with E-state index in [-0.39, 0.29) is 22.7 Å². The van der Waals surface area contributed by atoms with Gasteiger partial charge in [0, 0.05) is 23.8 Å². The van der Waals surface area contributed by atoms with E-state index in [1.807, 2.05) is 12.4 Å². The van der Waals surface area contributed by atoms with Crippen molar-refractivity contribution < 1.29 is 4.74 Å². The molecule has 2 unspecified atom stereocenters. The number of nitrogens with zero attached hydrogens (tertiary/aromatic N) is 1. The van der Waals surface area contributed by atoms with Crippen LogP contribution in [0.3, 0.4) is 0 Å².